The maximum Gasteiger partial charge on any atom is 0.254 e. The smallest absolute Gasteiger partial charge is 0.254 e. The molecule has 1 amide bonds. The molecule has 0 atom stereocenters. The number of rotatable bonds is 5. The fourth-order valence-corrected chi connectivity index (χ4v) is 3.49. The van der Waals surface area contributed by atoms with Crippen LogP contribution in [0.5, 0.6) is 0 Å². The highest BCUT2D eigenvalue weighted by Gasteiger charge is 2.27. The molecule has 0 bridgehead atoms. The second-order valence-electron chi connectivity index (χ2n) is 7.49. The Bertz CT molecular complexity index is 916. The molecule has 0 saturated heterocycles. The van der Waals surface area contributed by atoms with E-state index >= 15 is 0 Å². The number of carbonyl (C=O) groups is 2. The standard InChI is InChI=1S/C24H23NO2/c26-22(12-10-19-6-7-19)17-25-15-14-21-16-20(11-13-23(21)24(25)27)9-8-18-4-2-1-3-5-18/h1-5,11,13,16,19H,6-7,10,12,14-15,17H2. The van der Waals surface area contributed by atoms with Gasteiger partial charge in [-0.15, -0.1) is 0 Å². The molecule has 1 fully saturated rings. The van der Waals surface area contributed by atoms with Gasteiger partial charge in [-0.2, -0.15) is 0 Å². The molecule has 1 heterocycles. The third kappa shape index (κ3) is 4.46. The zero-order valence-corrected chi connectivity index (χ0v) is 15.4. The minimum atomic E-state index is -0.0291. The van der Waals surface area contributed by atoms with Crippen LogP contribution in [0.3, 0.4) is 0 Å². The van der Waals surface area contributed by atoms with Gasteiger partial charge >= 0.3 is 0 Å². The van der Waals surface area contributed by atoms with Gasteiger partial charge in [-0.1, -0.05) is 42.9 Å². The van der Waals surface area contributed by atoms with Gasteiger partial charge in [0.2, 0.25) is 0 Å². The van der Waals surface area contributed by atoms with Crippen molar-refractivity contribution in [1.29, 1.82) is 0 Å². The summed E-state index contributed by atoms with van der Waals surface area (Å²) in [5, 5.41) is 0. The first kappa shape index (κ1) is 17.5. The van der Waals surface area contributed by atoms with Crippen LogP contribution < -0.4 is 0 Å². The molecule has 0 N–H and O–H groups in total. The molecule has 0 aromatic heterocycles. The molecule has 136 valence electrons. The minimum absolute atomic E-state index is 0.0291. The van der Waals surface area contributed by atoms with E-state index in [0.29, 0.717) is 18.5 Å². The Morgan fingerprint density at radius 2 is 1.81 bits per heavy atom. The third-order valence-electron chi connectivity index (χ3n) is 5.29. The first-order valence-electron chi connectivity index (χ1n) is 9.70. The van der Waals surface area contributed by atoms with Crippen molar-refractivity contribution in [1.82, 2.24) is 4.90 Å². The molecule has 0 spiro atoms. The Hall–Kier alpha value is -2.86. The molecule has 4 rings (SSSR count). The Labute approximate surface area is 160 Å². The lowest BCUT2D eigenvalue weighted by Crippen LogP contribution is -2.40. The molecule has 1 saturated carbocycles. The molecular formula is C24H23NO2. The molecule has 2 aromatic rings. The number of hydrogen-bond donors (Lipinski definition) is 0. The average molecular weight is 357 g/mol. The van der Waals surface area contributed by atoms with Gasteiger partial charge in [-0.3, -0.25) is 9.59 Å². The van der Waals surface area contributed by atoms with E-state index < -0.39 is 0 Å². The van der Waals surface area contributed by atoms with E-state index in [1.807, 2.05) is 48.5 Å². The van der Waals surface area contributed by atoms with Gasteiger partial charge in [0.25, 0.3) is 5.91 Å². The SMILES string of the molecule is O=C(CCC1CC1)CN1CCc2cc(C#Cc3ccccc3)ccc2C1=O. The predicted molar refractivity (Wildman–Crippen MR) is 105 cm³/mol. The highest BCUT2D eigenvalue weighted by atomic mass is 16.2. The molecule has 2 aromatic carbocycles. The van der Waals surface area contributed by atoms with Crippen LogP contribution in [0.2, 0.25) is 0 Å². The van der Waals surface area contributed by atoms with Gasteiger partial charge < -0.3 is 4.90 Å². The Kier molecular flexibility index (Phi) is 5.07. The summed E-state index contributed by atoms with van der Waals surface area (Å²) in [6.45, 7) is 0.858. The van der Waals surface area contributed by atoms with Gasteiger partial charge in [0.05, 0.1) is 6.54 Å². The Balaban J connectivity index is 1.42. The number of ketones is 1. The van der Waals surface area contributed by atoms with Crippen LogP contribution in [-0.4, -0.2) is 29.7 Å². The van der Waals surface area contributed by atoms with Crippen molar-refractivity contribution in [2.45, 2.75) is 32.1 Å². The lowest BCUT2D eigenvalue weighted by Gasteiger charge is -2.28. The summed E-state index contributed by atoms with van der Waals surface area (Å²) in [6, 6.07) is 15.6. The van der Waals surface area contributed by atoms with Gasteiger partial charge in [0.1, 0.15) is 0 Å². The van der Waals surface area contributed by atoms with Crippen LogP contribution in [-0.2, 0) is 11.2 Å². The second-order valence-corrected chi connectivity index (χ2v) is 7.49. The number of fused-ring (bicyclic) bond motifs is 1. The maximum absolute atomic E-state index is 12.7. The molecule has 3 heteroatoms. The maximum atomic E-state index is 12.7. The van der Waals surface area contributed by atoms with Gasteiger partial charge in [-0.25, -0.2) is 0 Å². The van der Waals surface area contributed by atoms with E-state index in [1.165, 1.54) is 12.8 Å². The number of carbonyl (C=O) groups excluding carboxylic acids is 2. The first-order chi connectivity index (χ1) is 13.2. The Morgan fingerprint density at radius 3 is 2.59 bits per heavy atom. The summed E-state index contributed by atoms with van der Waals surface area (Å²) < 4.78 is 0. The van der Waals surface area contributed by atoms with Crippen LogP contribution in [0.4, 0.5) is 0 Å². The molecule has 2 aliphatic rings. The van der Waals surface area contributed by atoms with Gasteiger partial charge in [-0.05, 0) is 54.7 Å². The van der Waals surface area contributed by atoms with Crippen LogP contribution in [0.25, 0.3) is 0 Å². The van der Waals surface area contributed by atoms with Crippen molar-refractivity contribution in [2.24, 2.45) is 5.92 Å². The zero-order chi connectivity index (χ0) is 18.6. The van der Waals surface area contributed by atoms with Gasteiger partial charge in [0, 0.05) is 29.7 Å². The highest BCUT2D eigenvalue weighted by molar-refractivity contribution is 5.99. The molecule has 1 aliphatic heterocycles. The van der Waals surface area contributed by atoms with Crippen molar-refractivity contribution < 1.29 is 9.59 Å². The molecule has 0 unspecified atom stereocenters. The average Bonchev–Trinajstić information content (AvgIpc) is 3.52. The van der Waals surface area contributed by atoms with Crippen molar-refractivity contribution in [3.05, 3.63) is 70.8 Å². The first-order valence-corrected chi connectivity index (χ1v) is 9.70. The van der Waals surface area contributed by atoms with E-state index in [-0.39, 0.29) is 18.2 Å². The van der Waals surface area contributed by atoms with Crippen molar-refractivity contribution in [2.75, 3.05) is 13.1 Å². The summed E-state index contributed by atoms with van der Waals surface area (Å²) in [7, 11) is 0. The summed E-state index contributed by atoms with van der Waals surface area (Å²) in [5.74, 6) is 7.23. The quantitative estimate of drug-likeness (QED) is 0.763. The Morgan fingerprint density at radius 1 is 1.04 bits per heavy atom. The topological polar surface area (TPSA) is 37.4 Å². The van der Waals surface area contributed by atoms with E-state index in [1.54, 1.807) is 4.90 Å². The summed E-state index contributed by atoms with van der Waals surface area (Å²) in [5.41, 5.74) is 3.63. The second kappa shape index (κ2) is 7.80. The lowest BCUT2D eigenvalue weighted by atomic mass is 9.96. The van der Waals surface area contributed by atoms with Crippen molar-refractivity contribution >= 4 is 11.7 Å². The van der Waals surface area contributed by atoms with Crippen LogP contribution in [0.1, 0.15) is 52.7 Å². The molecule has 27 heavy (non-hydrogen) atoms. The number of Topliss-reactive ketones (excluding diaryl/α,β-unsaturated/α-hetero) is 1. The molecule has 1 aliphatic carbocycles. The molecule has 3 nitrogen and oxygen atoms in total. The van der Waals surface area contributed by atoms with Crippen LogP contribution >= 0.6 is 0 Å². The predicted octanol–water partition coefficient (Wildman–Crippen LogP) is 3.84. The fourth-order valence-electron chi connectivity index (χ4n) is 3.49. The summed E-state index contributed by atoms with van der Waals surface area (Å²) in [4.78, 5) is 26.6. The number of hydrogen-bond acceptors (Lipinski definition) is 2. The highest BCUT2D eigenvalue weighted by Crippen LogP contribution is 2.33. The van der Waals surface area contributed by atoms with E-state index in [9.17, 15) is 9.59 Å². The van der Waals surface area contributed by atoms with Crippen LogP contribution in [0.15, 0.2) is 48.5 Å². The van der Waals surface area contributed by atoms with Crippen LogP contribution in [0, 0.1) is 17.8 Å². The van der Waals surface area contributed by atoms with E-state index in [0.717, 1.165) is 35.4 Å². The van der Waals surface area contributed by atoms with E-state index in [4.69, 9.17) is 0 Å². The third-order valence-corrected chi connectivity index (χ3v) is 5.29. The largest absolute Gasteiger partial charge is 0.331 e. The minimum Gasteiger partial charge on any atom is -0.331 e. The number of nitrogens with zero attached hydrogens (tertiary/aromatic N) is 1. The lowest BCUT2D eigenvalue weighted by molar-refractivity contribution is -0.120. The number of benzene rings is 2. The summed E-state index contributed by atoms with van der Waals surface area (Å²) >= 11 is 0. The van der Waals surface area contributed by atoms with Gasteiger partial charge in [0.15, 0.2) is 5.78 Å². The normalized spacial score (nSPS) is 15.7. The number of amides is 1. The zero-order valence-electron chi connectivity index (χ0n) is 15.4. The molecular weight excluding hydrogens is 334 g/mol. The molecule has 0 radical (unpaired) electrons. The fraction of sp³-hybridized carbons (Fsp3) is 0.333. The van der Waals surface area contributed by atoms with E-state index in [2.05, 4.69) is 11.8 Å². The van der Waals surface area contributed by atoms with Crippen molar-refractivity contribution in [3.8, 4) is 11.8 Å². The monoisotopic (exact) mass is 357 g/mol. The summed E-state index contributed by atoms with van der Waals surface area (Å²) in [6.07, 6.45) is 4.89. The van der Waals surface area contributed by atoms with Crippen molar-refractivity contribution in [3.63, 3.8) is 0 Å².